The molecule has 1 saturated heterocycles. The second-order valence-electron chi connectivity index (χ2n) is 5.62. The normalized spacial score (nSPS) is 30.3. The molecular weight excluding hydrogens is 252 g/mol. The third kappa shape index (κ3) is 1.90. The number of carbonyl (C=O) groups excluding carboxylic acids is 2. The zero-order chi connectivity index (χ0) is 15.0. The second kappa shape index (κ2) is 4.93. The molecule has 20 heavy (non-hydrogen) atoms. The summed E-state index contributed by atoms with van der Waals surface area (Å²) in [5.74, 6) is -0.136. The van der Waals surface area contributed by atoms with Gasteiger partial charge in [-0.2, -0.15) is 0 Å². The highest BCUT2D eigenvalue weighted by atomic mass is 16.2. The SMILES string of the molecule is CCN1C(=O)C(C)(c2ccccc2)NC(=O)C1(C)CC. The molecule has 2 rings (SSSR count). The minimum Gasteiger partial charge on any atom is -0.336 e. The second-order valence-corrected chi connectivity index (χ2v) is 5.62. The highest BCUT2D eigenvalue weighted by molar-refractivity contribution is 6.02. The Morgan fingerprint density at radius 2 is 1.70 bits per heavy atom. The Kier molecular flexibility index (Phi) is 3.59. The summed E-state index contributed by atoms with van der Waals surface area (Å²) in [4.78, 5) is 27.1. The van der Waals surface area contributed by atoms with E-state index in [1.807, 2.05) is 51.1 Å². The molecule has 0 radical (unpaired) electrons. The molecule has 0 bridgehead atoms. The standard InChI is InChI=1S/C16H22N2O2/c1-5-15(3)13(19)17-16(4,14(20)18(15)6-2)12-10-8-7-9-11-12/h7-11H,5-6H2,1-4H3,(H,17,19). The van der Waals surface area contributed by atoms with Crippen LogP contribution in [-0.2, 0) is 15.1 Å². The fraction of sp³-hybridized carbons (Fsp3) is 0.500. The fourth-order valence-electron chi connectivity index (χ4n) is 2.84. The molecule has 2 amide bonds. The van der Waals surface area contributed by atoms with Gasteiger partial charge in [0.05, 0.1) is 0 Å². The largest absolute Gasteiger partial charge is 0.336 e. The molecule has 1 aromatic carbocycles. The van der Waals surface area contributed by atoms with Gasteiger partial charge in [-0.1, -0.05) is 37.3 Å². The molecule has 1 aliphatic heterocycles. The number of nitrogens with zero attached hydrogens (tertiary/aromatic N) is 1. The molecule has 4 heteroatoms. The van der Waals surface area contributed by atoms with Crippen molar-refractivity contribution in [2.45, 2.75) is 45.2 Å². The molecule has 2 atom stereocenters. The first-order chi connectivity index (χ1) is 9.40. The van der Waals surface area contributed by atoms with Gasteiger partial charge in [0.1, 0.15) is 11.1 Å². The van der Waals surface area contributed by atoms with Crippen molar-refractivity contribution >= 4 is 11.8 Å². The lowest BCUT2D eigenvalue weighted by Gasteiger charge is -2.49. The first kappa shape index (κ1) is 14.6. The maximum absolute atomic E-state index is 12.9. The van der Waals surface area contributed by atoms with Gasteiger partial charge in [-0.05, 0) is 32.8 Å². The van der Waals surface area contributed by atoms with E-state index in [1.165, 1.54) is 0 Å². The lowest BCUT2D eigenvalue weighted by Crippen LogP contribution is -2.72. The average molecular weight is 274 g/mol. The van der Waals surface area contributed by atoms with E-state index in [2.05, 4.69) is 5.32 Å². The van der Waals surface area contributed by atoms with E-state index < -0.39 is 11.1 Å². The van der Waals surface area contributed by atoms with Crippen LogP contribution in [0.2, 0.25) is 0 Å². The Bertz CT molecular complexity index is 529. The smallest absolute Gasteiger partial charge is 0.253 e. The van der Waals surface area contributed by atoms with Crippen molar-refractivity contribution in [2.75, 3.05) is 6.54 Å². The van der Waals surface area contributed by atoms with Gasteiger partial charge in [0.15, 0.2) is 0 Å². The molecular formula is C16H22N2O2. The summed E-state index contributed by atoms with van der Waals surface area (Å²) in [6.07, 6.45) is 0.600. The van der Waals surface area contributed by atoms with E-state index in [1.54, 1.807) is 11.8 Å². The summed E-state index contributed by atoms with van der Waals surface area (Å²) < 4.78 is 0. The Labute approximate surface area is 120 Å². The number of likely N-dealkylation sites (N-methyl/N-ethyl adjacent to an activating group) is 1. The molecule has 0 aromatic heterocycles. The third-order valence-corrected chi connectivity index (χ3v) is 4.48. The van der Waals surface area contributed by atoms with E-state index in [9.17, 15) is 9.59 Å². The highest BCUT2D eigenvalue weighted by Crippen LogP contribution is 2.34. The van der Waals surface area contributed by atoms with Crippen LogP contribution in [0.15, 0.2) is 30.3 Å². The van der Waals surface area contributed by atoms with Gasteiger partial charge in [0.2, 0.25) is 5.91 Å². The van der Waals surface area contributed by atoms with Crippen molar-refractivity contribution in [2.24, 2.45) is 0 Å². The molecule has 0 saturated carbocycles. The summed E-state index contributed by atoms with van der Waals surface area (Å²) in [6, 6.07) is 9.41. The summed E-state index contributed by atoms with van der Waals surface area (Å²) >= 11 is 0. The van der Waals surface area contributed by atoms with Crippen LogP contribution < -0.4 is 5.32 Å². The first-order valence-electron chi connectivity index (χ1n) is 7.10. The fourth-order valence-corrected chi connectivity index (χ4v) is 2.84. The summed E-state index contributed by atoms with van der Waals surface area (Å²) in [7, 11) is 0. The van der Waals surface area contributed by atoms with E-state index in [0.717, 1.165) is 5.56 Å². The van der Waals surface area contributed by atoms with Crippen molar-refractivity contribution < 1.29 is 9.59 Å². The van der Waals surface area contributed by atoms with Crippen LogP contribution in [0.4, 0.5) is 0 Å². The zero-order valence-corrected chi connectivity index (χ0v) is 12.6. The lowest BCUT2D eigenvalue weighted by molar-refractivity contribution is -0.162. The van der Waals surface area contributed by atoms with Gasteiger partial charge in [-0.3, -0.25) is 9.59 Å². The summed E-state index contributed by atoms with van der Waals surface area (Å²) in [5.41, 5.74) is -0.932. The predicted molar refractivity (Wildman–Crippen MR) is 78.0 cm³/mol. The van der Waals surface area contributed by atoms with Crippen molar-refractivity contribution in [1.82, 2.24) is 10.2 Å². The number of piperazine rings is 1. The van der Waals surface area contributed by atoms with Gasteiger partial charge in [-0.25, -0.2) is 0 Å². The predicted octanol–water partition coefficient (Wildman–Crippen LogP) is 2.05. The number of hydrogen-bond acceptors (Lipinski definition) is 2. The summed E-state index contributed by atoms with van der Waals surface area (Å²) in [6.45, 7) is 7.98. The molecule has 1 fully saturated rings. The van der Waals surface area contributed by atoms with Crippen LogP contribution in [0.1, 0.15) is 39.7 Å². The molecule has 0 spiro atoms. The van der Waals surface area contributed by atoms with E-state index in [-0.39, 0.29) is 11.8 Å². The van der Waals surface area contributed by atoms with Gasteiger partial charge in [0, 0.05) is 6.54 Å². The van der Waals surface area contributed by atoms with Crippen molar-refractivity contribution in [3.63, 3.8) is 0 Å². The molecule has 1 aliphatic rings. The van der Waals surface area contributed by atoms with Gasteiger partial charge in [-0.15, -0.1) is 0 Å². The van der Waals surface area contributed by atoms with Crippen LogP contribution in [0.25, 0.3) is 0 Å². The molecule has 4 nitrogen and oxygen atoms in total. The monoisotopic (exact) mass is 274 g/mol. The molecule has 1 aromatic rings. The third-order valence-electron chi connectivity index (χ3n) is 4.48. The Balaban J connectivity index is 2.50. The average Bonchev–Trinajstić information content (AvgIpc) is 2.47. The number of carbonyl (C=O) groups is 2. The first-order valence-corrected chi connectivity index (χ1v) is 7.10. The quantitative estimate of drug-likeness (QED) is 0.917. The molecule has 2 unspecified atom stereocenters. The zero-order valence-electron chi connectivity index (χ0n) is 12.6. The minimum atomic E-state index is -0.983. The lowest BCUT2D eigenvalue weighted by atomic mass is 9.81. The number of amides is 2. The highest BCUT2D eigenvalue weighted by Gasteiger charge is 2.53. The van der Waals surface area contributed by atoms with Crippen LogP contribution in [-0.4, -0.2) is 28.8 Å². The molecule has 0 aliphatic carbocycles. The van der Waals surface area contributed by atoms with Crippen LogP contribution >= 0.6 is 0 Å². The summed E-state index contributed by atoms with van der Waals surface area (Å²) in [5, 5.41) is 2.93. The van der Waals surface area contributed by atoms with Crippen molar-refractivity contribution in [3.8, 4) is 0 Å². The van der Waals surface area contributed by atoms with E-state index >= 15 is 0 Å². The van der Waals surface area contributed by atoms with Crippen molar-refractivity contribution in [1.29, 1.82) is 0 Å². The van der Waals surface area contributed by atoms with E-state index in [4.69, 9.17) is 0 Å². The topological polar surface area (TPSA) is 49.4 Å². The number of benzene rings is 1. The Morgan fingerprint density at radius 1 is 1.10 bits per heavy atom. The van der Waals surface area contributed by atoms with Crippen LogP contribution in [0, 0.1) is 0 Å². The number of hydrogen-bond donors (Lipinski definition) is 1. The van der Waals surface area contributed by atoms with Gasteiger partial charge in [0.25, 0.3) is 5.91 Å². The molecule has 108 valence electrons. The van der Waals surface area contributed by atoms with Crippen LogP contribution in [0.5, 0.6) is 0 Å². The molecule has 1 heterocycles. The van der Waals surface area contributed by atoms with Crippen molar-refractivity contribution in [3.05, 3.63) is 35.9 Å². The van der Waals surface area contributed by atoms with Crippen LogP contribution in [0.3, 0.4) is 0 Å². The number of nitrogens with one attached hydrogen (secondary N) is 1. The van der Waals surface area contributed by atoms with Gasteiger partial charge >= 0.3 is 0 Å². The molecule has 1 N–H and O–H groups in total. The van der Waals surface area contributed by atoms with E-state index in [0.29, 0.717) is 13.0 Å². The maximum Gasteiger partial charge on any atom is 0.253 e. The van der Waals surface area contributed by atoms with Gasteiger partial charge < -0.3 is 10.2 Å². The number of rotatable bonds is 3. The minimum absolute atomic E-state index is 0.0462. The Hall–Kier alpha value is -1.84. The maximum atomic E-state index is 12.9. The Morgan fingerprint density at radius 3 is 2.20 bits per heavy atom.